The Morgan fingerprint density at radius 2 is 1.90 bits per heavy atom. The van der Waals surface area contributed by atoms with Crippen molar-refractivity contribution in [2.24, 2.45) is 0 Å². The molecule has 0 amide bonds. The molecule has 1 rings (SSSR count). The molecule has 0 spiro atoms. The Morgan fingerprint density at radius 3 is 2.45 bits per heavy atom. The molecule has 2 heteroatoms. The van der Waals surface area contributed by atoms with Crippen molar-refractivity contribution in [2.75, 3.05) is 6.61 Å². The highest BCUT2D eigenvalue weighted by molar-refractivity contribution is 5.63. The van der Waals surface area contributed by atoms with Gasteiger partial charge in [-0.2, -0.15) is 0 Å². The van der Waals surface area contributed by atoms with Crippen LogP contribution in [-0.4, -0.2) is 17.3 Å². The highest BCUT2D eigenvalue weighted by Gasteiger charge is 2.12. The normalized spacial score (nSPS) is 14.1. The van der Waals surface area contributed by atoms with Crippen LogP contribution < -0.4 is 4.74 Å². The Morgan fingerprint density at radius 1 is 1.25 bits per heavy atom. The summed E-state index contributed by atoms with van der Waals surface area (Å²) in [4.78, 5) is 0. The zero-order valence-electron chi connectivity index (χ0n) is 12.9. The number of benzene rings is 1. The van der Waals surface area contributed by atoms with Gasteiger partial charge in [0.1, 0.15) is 12.4 Å². The largest absolute Gasteiger partial charge is 0.489 e. The van der Waals surface area contributed by atoms with Crippen LogP contribution in [0.4, 0.5) is 0 Å². The fourth-order valence-corrected chi connectivity index (χ4v) is 1.94. The van der Waals surface area contributed by atoms with Crippen LogP contribution in [0, 0.1) is 20.8 Å². The predicted octanol–water partition coefficient (Wildman–Crippen LogP) is 4.13. The molecule has 0 aliphatic carbocycles. The molecule has 0 radical (unpaired) electrons. The molecular formula is C18H24O2. The third-order valence-corrected chi connectivity index (χ3v) is 3.47. The van der Waals surface area contributed by atoms with E-state index in [1.807, 2.05) is 26.0 Å². The number of hydrogen-bond acceptors (Lipinski definition) is 2. The summed E-state index contributed by atoms with van der Waals surface area (Å²) < 4.78 is 5.66. The Balaban J connectivity index is 3.20. The lowest BCUT2D eigenvalue weighted by Gasteiger charge is -2.17. The van der Waals surface area contributed by atoms with Crippen molar-refractivity contribution >= 4 is 6.08 Å². The average molecular weight is 272 g/mol. The topological polar surface area (TPSA) is 29.5 Å². The molecular weight excluding hydrogens is 248 g/mol. The van der Waals surface area contributed by atoms with Gasteiger partial charge in [-0.25, -0.2) is 0 Å². The van der Waals surface area contributed by atoms with Crippen molar-refractivity contribution in [3.63, 3.8) is 0 Å². The van der Waals surface area contributed by atoms with Crippen LogP contribution in [0.25, 0.3) is 6.08 Å². The van der Waals surface area contributed by atoms with Crippen molar-refractivity contribution < 1.29 is 9.84 Å². The summed E-state index contributed by atoms with van der Waals surface area (Å²) >= 11 is 0. The van der Waals surface area contributed by atoms with E-state index < -0.39 is 5.60 Å². The van der Waals surface area contributed by atoms with Crippen molar-refractivity contribution in [2.45, 2.75) is 33.3 Å². The molecule has 0 fully saturated rings. The Kier molecular flexibility index (Phi) is 5.34. The van der Waals surface area contributed by atoms with Gasteiger partial charge in [0.05, 0.1) is 5.60 Å². The SMILES string of the molecule is C=CCOc1cc(C)c(C=CC(C)(O)C=C)c(C)c1C. The molecule has 20 heavy (non-hydrogen) atoms. The number of rotatable bonds is 6. The van der Waals surface area contributed by atoms with Crippen LogP contribution in [0.15, 0.2) is 37.5 Å². The van der Waals surface area contributed by atoms with Gasteiger partial charge in [0.15, 0.2) is 0 Å². The smallest absolute Gasteiger partial charge is 0.123 e. The fourth-order valence-electron chi connectivity index (χ4n) is 1.94. The molecule has 1 aromatic carbocycles. The van der Waals surface area contributed by atoms with Crippen molar-refractivity contribution in [1.82, 2.24) is 0 Å². The maximum atomic E-state index is 9.97. The van der Waals surface area contributed by atoms with Gasteiger partial charge in [0.2, 0.25) is 0 Å². The molecule has 0 aliphatic heterocycles. The lowest BCUT2D eigenvalue weighted by atomic mass is 9.95. The second-order valence-corrected chi connectivity index (χ2v) is 5.22. The number of hydrogen-bond donors (Lipinski definition) is 1. The van der Waals surface area contributed by atoms with Crippen LogP contribution in [0.3, 0.4) is 0 Å². The molecule has 108 valence electrons. The predicted molar refractivity (Wildman–Crippen MR) is 86.2 cm³/mol. The van der Waals surface area contributed by atoms with Gasteiger partial charge in [0.25, 0.3) is 0 Å². The van der Waals surface area contributed by atoms with Gasteiger partial charge < -0.3 is 9.84 Å². The van der Waals surface area contributed by atoms with E-state index in [4.69, 9.17) is 4.74 Å². The molecule has 0 saturated carbocycles. The molecule has 0 bridgehead atoms. The molecule has 0 heterocycles. The van der Waals surface area contributed by atoms with E-state index in [0.717, 1.165) is 28.0 Å². The lowest BCUT2D eigenvalue weighted by Crippen LogP contribution is -2.15. The lowest BCUT2D eigenvalue weighted by molar-refractivity contribution is 0.165. The van der Waals surface area contributed by atoms with Crippen molar-refractivity contribution in [3.05, 3.63) is 59.7 Å². The highest BCUT2D eigenvalue weighted by atomic mass is 16.5. The first-order valence-corrected chi connectivity index (χ1v) is 6.72. The molecule has 0 saturated heterocycles. The first-order valence-electron chi connectivity index (χ1n) is 6.72. The Hall–Kier alpha value is -1.80. The quantitative estimate of drug-likeness (QED) is 0.789. The van der Waals surface area contributed by atoms with Crippen LogP contribution >= 0.6 is 0 Å². The zero-order valence-corrected chi connectivity index (χ0v) is 12.9. The number of aliphatic hydroxyl groups is 1. The van der Waals surface area contributed by atoms with Gasteiger partial charge in [-0.05, 0) is 62.1 Å². The number of aryl methyl sites for hydroxylation is 1. The van der Waals surface area contributed by atoms with Crippen LogP contribution in [-0.2, 0) is 0 Å². The van der Waals surface area contributed by atoms with Crippen LogP contribution in [0.1, 0.15) is 29.2 Å². The Labute approximate surface area is 122 Å². The van der Waals surface area contributed by atoms with Crippen LogP contribution in [0.2, 0.25) is 0 Å². The monoisotopic (exact) mass is 272 g/mol. The molecule has 1 aromatic rings. The van der Waals surface area contributed by atoms with Crippen LogP contribution in [0.5, 0.6) is 5.75 Å². The average Bonchev–Trinajstić information content (AvgIpc) is 2.41. The minimum absolute atomic E-state index is 0.500. The number of ether oxygens (including phenoxy) is 1. The van der Waals surface area contributed by atoms with E-state index in [0.29, 0.717) is 6.61 Å². The van der Waals surface area contributed by atoms with E-state index >= 15 is 0 Å². The van der Waals surface area contributed by atoms with Gasteiger partial charge >= 0.3 is 0 Å². The van der Waals surface area contributed by atoms with Gasteiger partial charge in [-0.15, -0.1) is 0 Å². The molecule has 1 unspecified atom stereocenters. The fraction of sp³-hybridized carbons (Fsp3) is 0.333. The van der Waals surface area contributed by atoms with E-state index in [2.05, 4.69) is 20.1 Å². The summed E-state index contributed by atoms with van der Waals surface area (Å²) in [5, 5.41) is 9.97. The summed E-state index contributed by atoms with van der Waals surface area (Å²) in [5.41, 5.74) is 3.49. The molecule has 1 N–H and O–H groups in total. The van der Waals surface area contributed by atoms with Crippen molar-refractivity contribution in [3.8, 4) is 5.75 Å². The maximum Gasteiger partial charge on any atom is 0.123 e. The summed E-state index contributed by atoms with van der Waals surface area (Å²) in [6, 6.07) is 2.02. The summed E-state index contributed by atoms with van der Waals surface area (Å²) in [5.74, 6) is 0.882. The first-order chi connectivity index (χ1) is 9.32. The van der Waals surface area contributed by atoms with E-state index in [-0.39, 0.29) is 0 Å². The molecule has 0 aromatic heterocycles. The zero-order chi connectivity index (χ0) is 15.3. The maximum absolute atomic E-state index is 9.97. The third-order valence-electron chi connectivity index (χ3n) is 3.47. The highest BCUT2D eigenvalue weighted by Crippen LogP contribution is 2.29. The van der Waals surface area contributed by atoms with Crippen molar-refractivity contribution in [1.29, 1.82) is 0 Å². The van der Waals surface area contributed by atoms with Gasteiger partial charge in [-0.1, -0.05) is 31.4 Å². The Bertz CT molecular complexity index is 537. The molecule has 2 nitrogen and oxygen atoms in total. The standard InChI is InChI=1S/C18H24O2/c1-7-11-20-17-12-13(3)16(14(4)15(17)5)9-10-18(6,19)8-2/h7-10,12,19H,1-2,11H2,3-6H3. The van der Waals surface area contributed by atoms with E-state index in [1.54, 1.807) is 19.1 Å². The summed E-state index contributed by atoms with van der Waals surface area (Å²) in [6.45, 7) is 15.6. The second kappa shape index (κ2) is 6.58. The minimum atomic E-state index is -0.995. The molecule has 0 aliphatic rings. The van der Waals surface area contributed by atoms with E-state index in [9.17, 15) is 5.11 Å². The van der Waals surface area contributed by atoms with Gasteiger partial charge in [0, 0.05) is 0 Å². The third kappa shape index (κ3) is 3.84. The first kappa shape index (κ1) is 16.3. The summed E-state index contributed by atoms with van der Waals surface area (Å²) in [7, 11) is 0. The summed E-state index contributed by atoms with van der Waals surface area (Å²) in [6.07, 6.45) is 6.94. The van der Waals surface area contributed by atoms with Gasteiger partial charge in [-0.3, -0.25) is 0 Å². The minimum Gasteiger partial charge on any atom is -0.489 e. The van der Waals surface area contributed by atoms with E-state index in [1.165, 1.54) is 6.08 Å². The second-order valence-electron chi connectivity index (χ2n) is 5.22. The molecule has 1 atom stereocenters.